The highest BCUT2D eigenvalue weighted by Gasteiger charge is 2.16. The first-order chi connectivity index (χ1) is 13.8. The number of hydrogen-bond acceptors (Lipinski definition) is 6. The molecule has 3 aromatic rings. The average Bonchev–Trinajstić information content (AvgIpc) is 3.06. The highest BCUT2D eigenvalue weighted by atomic mass is 32.2. The third-order valence-corrected chi connectivity index (χ3v) is 5.30. The van der Waals surface area contributed by atoms with Crippen LogP contribution in [0.1, 0.15) is 26.3 Å². The summed E-state index contributed by atoms with van der Waals surface area (Å²) < 4.78 is 6.57. The largest absolute Gasteiger partial charge is 0.497 e. The van der Waals surface area contributed by atoms with Crippen LogP contribution in [0.3, 0.4) is 0 Å². The number of carbonyl (C=O) groups is 1. The minimum absolute atomic E-state index is 0.0755. The van der Waals surface area contributed by atoms with E-state index in [1.807, 2.05) is 24.3 Å². The van der Waals surface area contributed by atoms with Gasteiger partial charge in [-0.3, -0.25) is 4.79 Å². The van der Waals surface area contributed by atoms with Crippen molar-refractivity contribution in [2.45, 2.75) is 31.3 Å². The molecule has 0 radical (unpaired) electrons. The van der Waals surface area contributed by atoms with Gasteiger partial charge in [0.1, 0.15) is 5.75 Å². The first-order valence-corrected chi connectivity index (χ1v) is 10.1. The van der Waals surface area contributed by atoms with Gasteiger partial charge in [-0.1, -0.05) is 62.9 Å². The summed E-state index contributed by atoms with van der Waals surface area (Å²) in [7, 11) is 1.58. The number of amides is 1. The molecule has 0 fully saturated rings. The topological polar surface area (TPSA) is 95.1 Å². The molecule has 1 heterocycles. The number of methoxy groups -OCH3 is 1. The van der Waals surface area contributed by atoms with Crippen molar-refractivity contribution >= 4 is 23.4 Å². The lowest BCUT2D eigenvalue weighted by atomic mass is 9.87. The lowest BCUT2D eigenvalue weighted by Gasteiger charge is -2.19. The number of hydrogen-bond donors (Lipinski definition) is 2. The number of nitrogens with two attached hydrogens (primary N) is 1. The third-order valence-electron chi connectivity index (χ3n) is 4.36. The van der Waals surface area contributed by atoms with E-state index in [1.165, 1.54) is 22.0 Å². The number of ether oxygens (including phenoxy) is 1. The SMILES string of the molecule is COc1cccc(NC(=O)CSc2nnc(-c3ccc(C(C)(C)C)cc3)n2N)c1. The second kappa shape index (κ2) is 8.57. The predicted octanol–water partition coefficient (Wildman–Crippen LogP) is 3.70. The minimum Gasteiger partial charge on any atom is -0.497 e. The zero-order chi connectivity index (χ0) is 21.0. The number of anilines is 1. The molecule has 0 aliphatic rings. The van der Waals surface area contributed by atoms with Crippen molar-refractivity contribution < 1.29 is 9.53 Å². The van der Waals surface area contributed by atoms with Crippen LogP contribution in [0.15, 0.2) is 53.7 Å². The Hall–Kier alpha value is -3.00. The fourth-order valence-electron chi connectivity index (χ4n) is 2.72. The first kappa shape index (κ1) is 20.7. The van der Waals surface area contributed by atoms with Crippen molar-refractivity contribution in [1.82, 2.24) is 14.9 Å². The molecular formula is C21H25N5O2S. The van der Waals surface area contributed by atoms with Crippen LogP contribution < -0.4 is 15.9 Å². The molecule has 152 valence electrons. The smallest absolute Gasteiger partial charge is 0.234 e. The first-order valence-electron chi connectivity index (χ1n) is 9.16. The van der Waals surface area contributed by atoms with Crippen LogP contribution in [-0.4, -0.2) is 33.6 Å². The highest BCUT2D eigenvalue weighted by molar-refractivity contribution is 7.99. The lowest BCUT2D eigenvalue weighted by Crippen LogP contribution is -2.16. The molecule has 0 atom stereocenters. The molecule has 0 bridgehead atoms. The standard InChI is InChI=1S/C21H25N5O2S/c1-21(2,3)15-10-8-14(9-11-15)19-24-25-20(26(19)22)29-13-18(27)23-16-6-5-7-17(12-16)28-4/h5-12H,13,22H2,1-4H3,(H,23,27). The van der Waals surface area contributed by atoms with E-state index < -0.39 is 0 Å². The lowest BCUT2D eigenvalue weighted by molar-refractivity contribution is -0.113. The fraction of sp³-hybridized carbons (Fsp3) is 0.286. The number of nitrogens with one attached hydrogen (secondary N) is 1. The van der Waals surface area contributed by atoms with Crippen molar-refractivity contribution in [3.63, 3.8) is 0 Å². The monoisotopic (exact) mass is 411 g/mol. The molecule has 29 heavy (non-hydrogen) atoms. The molecule has 0 spiro atoms. The van der Waals surface area contributed by atoms with Gasteiger partial charge in [0.25, 0.3) is 0 Å². The number of aromatic nitrogens is 3. The number of nitrogen functional groups attached to an aromatic ring is 1. The maximum Gasteiger partial charge on any atom is 0.234 e. The van der Waals surface area contributed by atoms with Gasteiger partial charge in [0, 0.05) is 17.3 Å². The highest BCUT2D eigenvalue weighted by Crippen LogP contribution is 2.26. The van der Waals surface area contributed by atoms with E-state index >= 15 is 0 Å². The molecule has 2 aromatic carbocycles. The Bertz CT molecular complexity index is 993. The van der Waals surface area contributed by atoms with Crippen LogP contribution in [0.25, 0.3) is 11.4 Å². The van der Waals surface area contributed by atoms with Crippen LogP contribution in [0.2, 0.25) is 0 Å². The number of nitrogens with zero attached hydrogens (tertiary/aromatic N) is 3. The molecule has 0 saturated heterocycles. The molecule has 3 N–H and O–H groups in total. The Kier molecular flexibility index (Phi) is 6.12. The Labute approximate surface area is 174 Å². The number of carbonyl (C=O) groups excluding carboxylic acids is 1. The van der Waals surface area contributed by atoms with E-state index in [9.17, 15) is 4.79 Å². The summed E-state index contributed by atoms with van der Waals surface area (Å²) in [5, 5.41) is 11.6. The maximum atomic E-state index is 12.2. The van der Waals surface area contributed by atoms with E-state index in [1.54, 1.807) is 19.2 Å². The third kappa shape index (κ3) is 5.08. The molecule has 0 aliphatic carbocycles. The van der Waals surface area contributed by atoms with E-state index in [4.69, 9.17) is 10.6 Å². The molecule has 0 aliphatic heterocycles. The number of benzene rings is 2. The van der Waals surface area contributed by atoms with Crippen LogP contribution >= 0.6 is 11.8 Å². The van der Waals surface area contributed by atoms with Crippen LogP contribution in [0, 0.1) is 0 Å². The van der Waals surface area contributed by atoms with Gasteiger partial charge in [-0.05, 0) is 23.1 Å². The summed E-state index contributed by atoms with van der Waals surface area (Å²) in [6, 6.07) is 15.3. The maximum absolute atomic E-state index is 12.2. The molecule has 8 heteroatoms. The Morgan fingerprint density at radius 3 is 2.55 bits per heavy atom. The quantitative estimate of drug-likeness (QED) is 0.474. The van der Waals surface area contributed by atoms with E-state index in [0.717, 1.165) is 5.56 Å². The van der Waals surface area contributed by atoms with Crippen molar-refractivity contribution in [2.75, 3.05) is 24.0 Å². The average molecular weight is 412 g/mol. The van der Waals surface area contributed by atoms with Gasteiger partial charge >= 0.3 is 0 Å². The van der Waals surface area contributed by atoms with Crippen molar-refractivity contribution in [3.8, 4) is 17.1 Å². The zero-order valence-electron chi connectivity index (χ0n) is 17.0. The molecule has 0 unspecified atom stereocenters. The summed E-state index contributed by atoms with van der Waals surface area (Å²) in [6.07, 6.45) is 0. The van der Waals surface area contributed by atoms with Crippen LogP contribution in [0.4, 0.5) is 5.69 Å². The van der Waals surface area contributed by atoms with Gasteiger partial charge in [0.15, 0.2) is 5.82 Å². The van der Waals surface area contributed by atoms with Gasteiger partial charge < -0.3 is 15.9 Å². The molecule has 1 amide bonds. The summed E-state index contributed by atoms with van der Waals surface area (Å²) in [6.45, 7) is 6.50. The molecule has 7 nitrogen and oxygen atoms in total. The van der Waals surface area contributed by atoms with E-state index in [0.29, 0.717) is 22.4 Å². The minimum atomic E-state index is -0.165. The summed E-state index contributed by atoms with van der Waals surface area (Å²) >= 11 is 1.23. The second-order valence-corrected chi connectivity index (χ2v) is 8.51. The molecule has 1 aromatic heterocycles. The second-order valence-electron chi connectivity index (χ2n) is 7.57. The zero-order valence-corrected chi connectivity index (χ0v) is 17.8. The van der Waals surface area contributed by atoms with E-state index in [-0.39, 0.29) is 17.1 Å². The van der Waals surface area contributed by atoms with Gasteiger partial charge in [-0.15, -0.1) is 10.2 Å². The Morgan fingerprint density at radius 1 is 1.17 bits per heavy atom. The summed E-state index contributed by atoms with van der Waals surface area (Å²) in [5.74, 6) is 7.39. The van der Waals surface area contributed by atoms with E-state index in [2.05, 4.69) is 48.4 Å². The van der Waals surface area contributed by atoms with Gasteiger partial charge in [-0.2, -0.15) is 0 Å². The van der Waals surface area contributed by atoms with Gasteiger partial charge in [0.05, 0.1) is 12.9 Å². The van der Waals surface area contributed by atoms with Gasteiger partial charge in [-0.25, -0.2) is 4.68 Å². The van der Waals surface area contributed by atoms with Crippen LogP contribution in [-0.2, 0) is 10.2 Å². The Balaban J connectivity index is 1.64. The van der Waals surface area contributed by atoms with Crippen molar-refractivity contribution in [1.29, 1.82) is 0 Å². The normalized spacial score (nSPS) is 11.3. The summed E-state index contributed by atoms with van der Waals surface area (Å²) in [5.41, 5.74) is 2.85. The summed E-state index contributed by atoms with van der Waals surface area (Å²) in [4.78, 5) is 12.2. The number of thioether (sulfide) groups is 1. The van der Waals surface area contributed by atoms with Crippen molar-refractivity contribution in [2.24, 2.45) is 0 Å². The fourth-order valence-corrected chi connectivity index (χ4v) is 3.38. The van der Waals surface area contributed by atoms with Crippen LogP contribution in [0.5, 0.6) is 5.75 Å². The molecule has 0 saturated carbocycles. The van der Waals surface area contributed by atoms with Gasteiger partial charge in [0.2, 0.25) is 11.1 Å². The molecule has 3 rings (SSSR count). The Morgan fingerprint density at radius 2 is 1.90 bits per heavy atom. The van der Waals surface area contributed by atoms with Crippen molar-refractivity contribution in [3.05, 3.63) is 54.1 Å². The number of rotatable bonds is 6. The predicted molar refractivity (Wildman–Crippen MR) is 117 cm³/mol. The molecular weight excluding hydrogens is 386 g/mol.